The number of carboxylic acid groups (broad SMARTS) is 1. The largest absolute Gasteiger partial charge is 0.481 e. The molecule has 6 atom stereocenters. The monoisotopic (exact) mass is 590 g/mol. The van der Waals surface area contributed by atoms with Crippen LogP contribution in [0.15, 0.2) is 78.9 Å². The van der Waals surface area contributed by atoms with Crippen LogP contribution < -0.4 is 5.32 Å². The molecule has 1 heterocycles. The maximum absolute atomic E-state index is 11.9. The molecule has 0 aromatic heterocycles. The maximum Gasteiger partial charge on any atom is 0.303 e. The Morgan fingerprint density at radius 3 is 2.16 bits per heavy atom. The minimum absolute atomic E-state index is 0.0139. The van der Waals surface area contributed by atoms with Gasteiger partial charge in [-0.1, -0.05) is 85.8 Å². The van der Waals surface area contributed by atoms with Crippen molar-refractivity contribution >= 4 is 11.9 Å². The number of rotatable bonds is 13. The summed E-state index contributed by atoms with van der Waals surface area (Å²) in [6, 6.07) is 24.8. The van der Waals surface area contributed by atoms with Crippen LogP contribution in [0.2, 0.25) is 0 Å². The van der Waals surface area contributed by atoms with Crippen LogP contribution in [0.5, 0.6) is 0 Å². The summed E-state index contributed by atoms with van der Waals surface area (Å²) >= 11 is 0. The highest BCUT2D eigenvalue weighted by atomic mass is 16.7. The van der Waals surface area contributed by atoms with Crippen molar-refractivity contribution in [2.24, 2.45) is 5.92 Å². The Morgan fingerprint density at radius 2 is 1.53 bits per heavy atom. The lowest BCUT2D eigenvalue weighted by atomic mass is 9.89. The van der Waals surface area contributed by atoms with E-state index in [1.54, 1.807) is 0 Å². The predicted octanol–water partition coefficient (Wildman–Crippen LogP) is 4.51. The summed E-state index contributed by atoms with van der Waals surface area (Å²) in [4.78, 5) is 24.7. The summed E-state index contributed by atoms with van der Waals surface area (Å²) in [5.41, 5.74) is 4.37. The number of nitrogens with one attached hydrogen (secondary N) is 1. The fraction of sp³-hybridized carbons (Fsp3) is 0.412. The molecule has 230 valence electrons. The summed E-state index contributed by atoms with van der Waals surface area (Å²) in [7, 11) is 1.99. The lowest BCUT2D eigenvalue weighted by Gasteiger charge is -2.43. The first kappa shape index (κ1) is 32.3. The number of likely N-dealkylation sites (N-methyl/N-ethyl adjacent to an activating group) is 1. The van der Waals surface area contributed by atoms with Crippen LogP contribution >= 0.6 is 0 Å². The van der Waals surface area contributed by atoms with Crippen molar-refractivity contribution in [2.75, 3.05) is 13.6 Å². The zero-order valence-electron chi connectivity index (χ0n) is 24.9. The molecule has 1 fully saturated rings. The van der Waals surface area contributed by atoms with Gasteiger partial charge in [-0.05, 0) is 36.2 Å². The molecule has 0 unspecified atom stereocenters. The molecule has 3 aromatic rings. The first-order chi connectivity index (χ1) is 20.7. The first-order valence-corrected chi connectivity index (χ1v) is 14.7. The van der Waals surface area contributed by atoms with E-state index in [4.69, 9.17) is 14.6 Å². The molecule has 4 rings (SSSR count). The van der Waals surface area contributed by atoms with Crippen LogP contribution in [0.3, 0.4) is 0 Å². The number of nitrogens with zero attached hydrogens (tertiary/aromatic N) is 1. The minimum atomic E-state index is -1.00. The van der Waals surface area contributed by atoms with E-state index in [-0.39, 0.29) is 56.1 Å². The van der Waals surface area contributed by atoms with Crippen LogP contribution in [-0.4, -0.2) is 57.8 Å². The Morgan fingerprint density at radius 1 is 0.907 bits per heavy atom. The molecule has 0 aliphatic carbocycles. The average molecular weight is 591 g/mol. The molecule has 1 amide bonds. The van der Waals surface area contributed by atoms with Crippen LogP contribution in [0, 0.1) is 5.92 Å². The summed E-state index contributed by atoms with van der Waals surface area (Å²) in [5, 5.41) is 32.1. The summed E-state index contributed by atoms with van der Waals surface area (Å²) in [6.07, 6.45) is -2.06. The molecule has 9 nitrogen and oxygen atoms in total. The van der Waals surface area contributed by atoms with Gasteiger partial charge in [0, 0.05) is 37.0 Å². The van der Waals surface area contributed by atoms with Crippen LogP contribution in [0.25, 0.3) is 0 Å². The van der Waals surface area contributed by atoms with E-state index in [0.717, 1.165) is 27.8 Å². The molecule has 0 radical (unpaired) electrons. The highest BCUT2D eigenvalue weighted by molar-refractivity contribution is 5.80. The third-order valence-corrected chi connectivity index (χ3v) is 8.19. The molecule has 0 spiro atoms. The number of carbonyl (C=O) groups excluding carboxylic acids is 1. The summed E-state index contributed by atoms with van der Waals surface area (Å²) in [6.45, 7) is 4.93. The van der Waals surface area contributed by atoms with Crippen molar-refractivity contribution < 1.29 is 34.4 Å². The Labute approximate surface area is 253 Å². The second-order valence-corrected chi connectivity index (χ2v) is 11.3. The van der Waals surface area contributed by atoms with Gasteiger partial charge in [0.1, 0.15) is 0 Å². The number of carbonyl (C=O) groups is 2. The van der Waals surface area contributed by atoms with Gasteiger partial charge in [-0.2, -0.15) is 0 Å². The van der Waals surface area contributed by atoms with Gasteiger partial charge in [-0.15, -0.1) is 0 Å². The third kappa shape index (κ3) is 8.72. The van der Waals surface area contributed by atoms with Gasteiger partial charge in [-0.3, -0.25) is 14.5 Å². The molecular weight excluding hydrogens is 548 g/mol. The van der Waals surface area contributed by atoms with Crippen LogP contribution in [0.4, 0.5) is 0 Å². The normalized spacial score (nSPS) is 21.7. The molecule has 3 aromatic carbocycles. The van der Waals surface area contributed by atoms with Gasteiger partial charge in [0.2, 0.25) is 5.91 Å². The summed E-state index contributed by atoms with van der Waals surface area (Å²) < 4.78 is 13.1. The average Bonchev–Trinajstić information content (AvgIpc) is 3.03. The molecule has 0 saturated carbocycles. The number of ether oxygens (including phenoxy) is 2. The van der Waals surface area contributed by atoms with E-state index in [2.05, 4.69) is 17.1 Å². The number of benzene rings is 3. The van der Waals surface area contributed by atoms with Gasteiger partial charge < -0.3 is 30.1 Å². The van der Waals surface area contributed by atoms with Gasteiger partial charge in [0.05, 0.1) is 31.3 Å². The van der Waals surface area contributed by atoms with Crippen molar-refractivity contribution in [1.29, 1.82) is 0 Å². The topological polar surface area (TPSA) is 129 Å². The first-order valence-electron chi connectivity index (χ1n) is 14.7. The number of hydrogen-bond donors (Lipinski definition) is 4. The van der Waals surface area contributed by atoms with Crippen LogP contribution in [-0.2, 0) is 32.2 Å². The van der Waals surface area contributed by atoms with Crippen molar-refractivity contribution in [1.82, 2.24) is 10.2 Å². The van der Waals surface area contributed by atoms with Crippen LogP contribution in [0.1, 0.15) is 73.0 Å². The maximum atomic E-state index is 11.9. The smallest absolute Gasteiger partial charge is 0.303 e. The highest BCUT2D eigenvalue weighted by Crippen LogP contribution is 2.42. The third-order valence-electron chi connectivity index (χ3n) is 8.19. The molecular formula is C34H42N2O7. The number of carboxylic acids is 1. The highest BCUT2D eigenvalue weighted by Gasteiger charge is 2.39. The van der Waals surface area contributed by atoms with E-state index >= 15 is 0 Å². The Balaban J connectivity index is 1.49. The quantitative estimate of drug-likeness (QED) is 0.229. The number of aliphatic hydroxyl groups excluding tert-OH is 2. The number of aliphatic hydroxyl groups is 2. The minimum Gasteiger partial charge on any atom is -0.481 e. The lowest BCUT2D eigenvalue weighted by molar-refractivity contribution is -0.276. The SMILES string of the molecule is C[C@H]1[C@@H](CN(C)[C@H](C)[C@@H](O)c2ccccc2)O[C@@H](c2ccc(CNC(=O)CCC(=O)O)cc2)O[C@H]1c1ccc(CO)cc1. The van der Waals surface area contributed by atoms with E-state index < -0.39 is 18.4 Å². The van der Waals surface area contributed by atoms with E-state index in [1.165, 1.54) is 0 Å². The van der Waals surface area contributed by atoms with Crippen molar-refractivity contribution in [3.05, 3.63) is 107 Å². The second-order valence-electron chi connectivity index (χ2n) is 11.3. The molecule has 1 aliphatic rings. The van der Waals surface area contributed by atoms with Crippen molar-refractivity contribution in [2.45, 2.75) is 70.5 Å². The van der Waals surface area contributed by atoms with Gasteiger partial charge in [-0.25, -0.2) is 0 Å². The zero-order valence-corrected chi connectivity index (χ0v) is 24.9. The Hall–Kier alpha value is -3.60. The number of amides is 1. The van der Waals surface area contributed by atoms with E-state index in [0.29, 0.717) is 6.54 Å². The second kappa shape index (κ2) is 15.2. The van der Waals surface area contributed by atoms with Crippen molar-refractivity contribution in [3.8, 4) is 0 Å². The Kier molecular flexibility index (Phi) is 11.4. The lowest BCUT2D eigenvalue weighted by Crippen LogP contribution is -2.46. The molecule has 9 heteroatoms. The molecule has 43 heavy (non-hydrogen) atoms. The Bertz CT molecular complexity index is 1320. The predicted molar refractivity (Wildman–Crippen MR) is 162 cm³/mol. The zero-order chi connectivity index (χ0) is 30.9. The molecule has 4 N–H and O–H groups in total. The molecule has 1 aliphatic heterocycles. The van der Waals surface area contributed by atoms with Gasteiger partial charge in [0.15, 0.2) is 6.29 Å². The molecule has 0 bridgehead atoms. The fourth-order valence-corrected chi connectivity index (χ4v) is 5.25. The van der Waals surface area contributed by atoms with Gasteiger partial charge >= 0.3 is 5.97 Å². The van der Waals surface area contributed by atoms with E-state index in [1.807, 2.05) is 92.8 Å². The van der Waals surface area contributed by atoms with Gasteiger partial charge in [0.25, 0.3) is 0 Å². The summed E-state index contributed by atoms with van der Waals surface area (Å²) in [5.74, 6) is -1.33. The van der Waals surface area contributed by atoms with Crippen molar-refractivity contribution in [3.63, 3.8) is 0 Å². The van der Waals surface area contributed by atoms with E-state index in [9.17, 15) is 19.8 Å². The number of aliphatic carboxylic acids is 1. The number of hydrogen-bond acceptors (Lipinski definition) is 7. The molecule has 1 saturated heterocycles. The fourth-order valence-electron chi connectivity index (χ4n) is 5.25. The standard InChI is InChI=1S/C34H42N2O7/c1-22-29(20-36(3)23(2)32(41)26-7-5-4-6-8-26)42-34(43-33(22)27-13-11-25(21-37)12-14-27)28-15-9-24(10-16-28)19-35-30(38)17-18-31(39)40/h4-16,22-23,29,32-34,37,41H,17-21H2,1-3H3,(H,35,38)(H,39,40)/t22-,23+,29+,32+,33+,34+/m0/s1.